The van der Waals surface area contributed by atoms with Gasteiger partial charge in [0.15, 0.2) is 0 Å². The van der Waals surface area contributed by atoms with E-state index >= 15 is 0 Å². The first-order valence-corrected chi connectivity index (χ1v) is 10.9. The molecule has 0 saturated carbocycles. The van der Waals surface area contributed by atoms with Crippen molar-refractivity contribution in [1.29, 1.82) is 0 Å². The third-order valence-corrected chi connectivity index (χ3v) is 6.27. The van der Waals surface area contributed by atoms with E-state index in [2.05, 4.69) is 48.2 Å². The van der Waals surface area contributed by atoms with Crippen LogP contribution < -0.4 is 10.2 Å². The molecule has 7 nitrogen and oxygen atoms in total. The Morgan fingerprint density at radius 2 is 1.83 bits per heavy atom. The van der Waals surface area contributed by atoms with Crippen molar-refractivity contribution in [1.82, 2.24) is 19.7 Å². The molecule has 0 aliphatic carbocycles. The van der Waals surface area contributed by atoms with E-state index in [0.29, 0.717) is 20.7 Å². The maximum Gasteiger partial charge on any atom is 0.256 e. The summed E-state index contributed by atoms with van der Waals surface area (Å²) in [5.41, 5.74) is 2.97. The Morgan fingerprint density at radius 3 is 2.50 bits per heavy atom. The average molecular weight is 490 g/mol. The van der Waals surface area contributed by atoms with Crippen LogP contribution in [0.15, 0.2) is 53.5 Å². The fourth-order valence-corrected chi connectivity index (χ4v) is 4.25. The minimum absolute atomic E-state index is 0.225. The molecule has 2 heterocycles. The van der Waals surface area contributed by atoms with Crippen molar-refractivity contribution in [2.75, 3.05) is 42.9 Å². The zero-order valence-electron chi connectivity index (χ0n) is 16.6. The Hall–Kier alpha value is -2.42. The molecule has 1 saturated heterocycles. The lowest BCUT2D eigenvalue weighted by molar-refractivity contribution is 0.102. The summed E-state index contributed by atoms with van der Waals surface area (Å²) in [5.74, 6) is -0.225. The molecule has 1 fully saturated rings. The number of halogens is 2. The van der Waals surface area contributed by atoms with E-state index in [9.17, 15) is 4.79 Å². The van der Waals surface area contributed by atoms with E-state index in [4.69, 9.17) is 11.6 Å². The highest BCUT2D eigenvalue weighted by molar-refractivity contribution is 9.10. The van der Waals surface area contributed by atoms with Gasteiger partial charge in [0.25, 0.3) is 5.91 Å². The molecule has 0 radical (unpaired) electrons. The van der Waals surface area contributed by atoms with Crippen LogP contribution in [0.25, 0.3) is 5.69 Å². The van der Waals surface area contributed by atoms with Gasteiger partial charge < -0.3 is 15.1 Å². The second kappa shape index (κ2) is 9.16. The van der Waals surface area contributed by atoms with Crippen LogP contribution in [0.5, 0.6) is 0 Å². The van der Waals surface area contributed by atoms with Crippen LogP contribution in [0, 0.1) is 0 Å². The monoisotopic (exact) mass is 488 g/mol. The van der Waals surface area contributed by atoms with E-state index < -0.39 is 0 Å². The first-order valence-electron chi connectivity index (χ1n) is 9.78. The summed E-state index contributed by atoms with van der Waals surface area (Å²) in [6.07, 6.45) is 3.17. The van der Waals surface area contributed by atoms with Gasteiger partial charge in [-0.05, 0) is 58.9 Å². The maximum atomic E-state index is 12.9. The minimum atomic E-state index is -0.225. The van der Waals surface area contributed by atoms with E-state index in [-0.39, 0.29) is 5.91 Å². The third-order valence-electron chi connectivity index (χ3n) is 5.28. The number of anilines is 2. The lowest BCUT2D eigenvalue weighted by Crippen LogP contribution is -2.46. The lowest BCUT2D eigenvalue weighted by atomic mass is 10.1. The fourth-order valence-electron chi connectivity index (χ4n) is 3.53. The summed E-state index contributed by atoms with van der Waals surface area (Å²) in [6, 6.07) is 11.2. The van der Waals surface area contributed by atoms with Gasteiger partial charge >= 0.3 is 0 Å². The van der Waals surface area contributed by atoms with Gasteiger partial charge in [-0.3, -0.25) is 9.36 Å². The number of nitrogens with one attached hydrogen (secondary N) is 1. The normalized spacial score (nSPS) is 14.7. The molecule has 0 bridgehead atoms. The first kappa shape index (κ1) is 20.8. The SMILES string of the molecule is CCN1CCN(c2ccc(NC(=O)c3cc(-n4cnnc4)ccc3Br)cc2Cl)CC1. The van der Waals surface area contributed by atoms with Crippen LogP contribution in [-0.4, -0.2) is 58.3 Å². The second-order valence-corrected chi connectivity index (χ2v) is 8.34. The van der Waals surface area contributed by atoms with Crippen molar-refractivity contribution < 1.29 is 4.79 Å². The number of nitrogens with zero attached hydrogens (tertiary/aromatic N) is 5. The summed E-state index contributed by atoms with van der Waals surface area (Å²) in [7, 11) is 0. The number of benzene rings is 2. The molecule has 0 unspecified atom stereocenters. The molecule has 2 aromatic carbocycles. The molecule has 9 heteroatoms. The van der Waals surface area contributed by atoms with Gasteiger partial charge in [-0.25, -0.2) is 0 Å². The van der Waals surface area contributed by atoms with Gasteiger partial charge in [-0.15, -0.1) is 10.2 Å². The molecule has 1 aliphatic heterocycles. The van der Waals surface area contributed by atoms with Crippen LogP contribution in [0.4, 0.5) is 11.4 Å². The van der Waals surface area contributed by atoms with Crippen LogP contribution in [0.2, 0.25) is 5.02 Å². The highest BCUT2D eigenvalue weighted by Gasteiger charge is 2.19. The minimum Gasteiger partial charge on any atom is -0.368 e. The molecule has 0 atom stereocenters. The van der Waals surface area contributed by atoms with Gasteiger partial charge in [0, 0.05) is 42.0 Å². The van der Waals surface area contributed by atoms with Gasteiger partial charge in [0.2, 0.25) is 0 Å². The molecule has 3 aromatic rings. The number of aromatic nitrogens is 3. The summed E-state index contributed by atoms with van der Waals surface area (Å²) < 4.78 is 2.45. The summed E-state index contributed by atoms with van der Waals surface area (Å²) >= 11 is 10.0. The molecule has 156 valence electrons. The summed E-state index contributed by atoms with van der Waals surface area (Å²) in [6.45, 7) is 7.20. The number of hydrogen-bond acceptors (Lipinski definition) is 5. The standard InChI is InChI=1S/C21H22BrClN6O/c1-2-27-7-9-28(10-8-27)20-6-3-15(11-19(20)23)26-21(30)17-12-16(4-5-18(17)22)29-13-24-25-14-29/h3-6,11-14H,2,7-10H2,1H3,(H,26,30). The molecule has 0 spiro atoms. The molecule has 1 N–H and O–H groups in total. The van der Waals surface area contributed by atoms with Gasteiger partial charge in [0.05, 0.1) is 16.3 Å². The molecular formula is C21H22BrClN6O. The van der Waals surface area contributed by atoms with Crippen LogP contribution in [0.1, 0.15) is 17.3 Å². The fraction of sp³-hybridized carbons (Fsp3) is 0.286. The summed E-state index contributed by atoms with van der Waals surface area (Å²) in [4.78, 5) is 17.6. The smallest absolute Gasteiger partial charge is 0.256 e. The van der Waals surface area contributed by atoms with Crippen molar-refractivity contribution in [2.45, 2.75) is 6.92 Å². The average Bonchev–Trinajstić information content (AvgIpc) is 3.29. The van der Waals surface area contributed by atoms with Crippen LogP contribution in [0.3, 0.4) is 0 Å². The van der Waals surface area contributed by atoms with E-state index in [1.54, 1.807) is 29.4 Å². The molecule has 1 aliphatic rings. The number of carbonyl (C=O) groups is 1. The quantitative estimate of drug-likeness (QED) is 0.585. The highest BCUT2D eigenvalue weighted by Crippen LogP contribution is 2.30. The first-order chi connectivity index (χ1) is 14.5. The molecular weight excluding hydrogens is 468 g/mol. The Balaban J connectivity index is 1.49. The lowest BCUT2D eigenvalue weighted by Gasteiger charge is -2.36. The zero-order chi connectivity index (χ0) is 21.1. The summed E-state index contributed by atoms with van der Waals surface area (Å²) in [5, 5.41) is 11.2. The maximum absolute atomic E-state index is 12.9. The highest BCUT2D eigenvalue weighted by atomic mass is 79.9. The Kier molecular flexibility index (Phi) is 6.36. The number of likely N-dealkylation sites (N-methyl/N-ethyl adjacent to an activating group) is 1. The van der Waals surface area contributed by atoms with E-state index in [0.717, 1.165) is 44.1 Å². The largest absolute Gasteiger partial charge is 0.368 e. The van der Waals surface area contributed by atoms with Gasteiger partial charge in [-0.2, -0.15) is 0 Å². The molecule has 1 aromatic heterocycles. The third kappa shape index (κ3) is 4.50. The van der Waals surface area contributed by atoms with Crippen molar-refractivity contribution >= 4 is 44.8 Å². The second-order valence-electron chi connectivity index (χ2n) is 7.07. The van der Waals surface area contributed by atoms with E-state index in [1.165, 1.54) is 0 Å². The number of amides is 1. The zero-order valence-corrected chi connectivity index (χ0v) is 18.9. The Labute approximate surface area is 188 Å². The van der Waals surface area contributed by atoms with Crippen molar-refractivity contribution in [3.05, 3.63) is 64.1 Å². The number of piperazine rings is 1. The van der Waals surface area contributed by atoms with Crippen LogP contribution >= 0.6 is 27.5 Å². The molecule has 4 rings (SSSR count). The Bertz CT molecular complexity index is 1030. The predicted octanol–water partition coefficient (Wildman–Crippen LogP) is 4.08. The number of rotatable bonds is 5. The van der Waals surface area contributed by atoms with Gasteiger partial charge in [-0.1, -0.05) is 18.5 Å². The topological polar surface area (TPSA) is 66.3 Å². The van der Waals surface area contributed by atoms with Crippen molar-refractivity contribution in [3.63, 3.8) is 0 Å². The molecule has 30 heavy (non-hydrogen) atoms. The number of hydrogen-bond donors (Lipinski definition) is 1. The van der Waals surface area contributed by atoms with Gasteiger partial charge in [0.1, 0.15) is 12.7 Å². The van der Waals surface area contributed by atoms with Crippen LogP contribution in [-0.2, 0) is 0 Å². The molecule has 1 amide bonds. The predicted molar refractivity (Wildman–Crippen MR) is 123 cm³/mol. The van der Waals surface area contributed by atoms with Crippen molar-refractivity contribution in [3.8, 4) is 5.69 Å². The Morgan fingerprint density at radius 1 is 1.10 bits per heavy atom. The van der Waals surface area contributed by atoms with Crippen molar-refractivity contribution in [2.24, 2.45) is 0 Å². The van der Waals surface area contributed by atoms with E-state index in [1.807, 2.05) is 24.3 Å². The number of carbonyl (C=O) groups excluding carboxylic acids is 1.